The first kappa shape index (κ1) is 15.5. The molecule has 0 spiro atoms. The normalized spacial score (nSPS) is 11.1. The zero-order valence-electron chi connectivity index (χ0n) is 12.3. The van der Waals surface area contributed by atoms with Crippen molar-refractivity contribution in [3.63, 3.8) is 0 Å². The van der Waals surface area contributed by atoms with Gasteiger partial charge in [0, 0.05) is 17.7 Å². The van der Waals surface area contributed by atoms with Crippen molar-refractivity contribution in [1.29, 1.82) is 0 Å². The Balaban J connectivity index is 2.14. The van der Waals surface area contributed by atoms with Crippen molar-refractivity contribution >= 4 is 27.7 Å². The van der Waals surface area contributed by atoms with Crippen LogP contribution in [0, 0.1) is 13.8 Å². The highest BCUT2D eigenvalue weighted by Crippen LogP contribution is 2.25. The predicted octanol–water partition coefficient (Wildman–Crippen LogP) is 5.27. The van der Waals surface area contributed by atoms with Crippen LogP contribution in [0.25, 0.3) is 0 Å². The van der Waals surface area contributed by atoms with Gasteiger partial charge in [-0.25, -0.2) is 9.97 Å². The number of halogens is 1. The van der Waals surface area contributed by atoms with Gasteiger partial charge < -0.3 is 0 Å². The van der Waals surface area contributed by atoms with E-state index in [4.69, 9.17) is 0 Å². The average Bonchev–Trinajstić information content (AvgIpc) is 2.34. The van der Waals surface area contributed by atoms with E-state index in [0.29, 0.717) is 5.92 Å². The molecule has 0 N–H and O–H groups in total. The molecule has 20 heavy (non-hydrogen) atoms. The standard InChI is InChI=1S/C16H19BrN2S/c1-10(2)16-18-14(17)8-15(19-16)20-9-13-6-11(3)5-12(4)7-13/h5-8,10H,9H2,1-4H3. The number of hydrogen-bond acceptors (Lipinski definition) is 3. The third-order valence-corrected chi connectivity index (χ3v) is 4.26. The van der Waals surface area contributed by atoms with Gasteiger partial charge in [0.15, 0.2) is 0 Å². The molecule has 0 unspecified atom stereocenters. The molecule has 2 aromatic rings. The van der Waals surface area contributed by atoms with Crippen molar-refractivity contribution in [2.75, 3.05) is 0 Å². The molecule has 2 rings (SSSR count). The topological polar surface area (TPSA) is 25.8 Å². The number of benzene rings is 1. The summed E-state index contributed by atoms with van der Waals surface area (Å²) in [6, 6.07) is 8.66. The van der Waals surface area contributed by atoms with Gasteiger partial charge in [0.25, 0.3) is 0 Å². The lowest BCUT2D eigenvalue weighted by atomic mass is 10.1. The second-order valence-electron chi connectivity index (χ2n) is 5.33. The van der Waals surface area contributed by atoms with Crippen molar-refractivity contribution in [2.24, 2.45) is 0 Å². The van der Waals surface area contributed by atoms with E-state index in [9.17, 15) is 0 Å². The van der Waals surface area contributed by atoms with Gasteiger partial charge in [0.05, 0.1) is 0 Å². The summed E-state index contributed by atoms with van der Waals surface area (Å²) in [5.41, 5.74) is 3.97. The maximum atomic E-state index is 4.61. The summed E-state index contributed by atoms with van der Waals surface area (Å²) in [6.07, 6.45) is 0. The van der Waals surface area contributed by atoms with E-state index < -0.39 is 0 Å². The van der Waals surface area contributed by atoms with Crippen LogP contribution in [0.2, 0.25) is 0 Å². The van der Waals surface area contributed by atoms with Crippen molar-refractivity contribution in [3.05, 3.63) is 51.4 Å². The molecule has 0 fully saturated rings. The van der Waals surface area contributed by atoms with Gasteiger partial charge in [-0.3, -0.25) is 0 Å². The largest absolute Gasteiger partial charge is 0.226 e. The smallest absolute Gasteiger partial charge is 0.133 e. The van der Waals surface area contributed by atoms with E-state index in [1.54, 1.807) is 11.8 Å². The van der Waals surface area contributed by atoms with Crippen LogP contribution in [-0.4, -0.2) is 9.97 Å². The maximum absolute atomic E-state index is 4.61. The van der Waals surface area contributed by atoms with E-state index >= 15 is 0 Å². The van der Waals surface area contributed by atoms with E-state index in [-0.39, 0.29) is 0 Å². The molecule has 4 heteroatoms. The maximum Gasteiger partial charge on any atom is 0.133 e. The molecule has 0 amide bonds. The minimum Gasteiger partial charge on any atom is -0.226 e. The monoisotopic (exact) mass is 350 g/mol. The van der Waals surface area contributed by atoms with Crippen molar-refractivity contribution in [1.82, 2.24) is 9.97 Å². The molecule has 0 bridgehead atoms. The number of rotatable bonds is 4. The summed E-state index contributed by atoms with van der Waals surface area (Å²) >= 11 is 5.22. The van der Waals surface area contributed by atoms with Crippen LogP contribution in [0.4, 0.5) is 0 Å². The highest BCUT2D eigenvalue weighted by Gasteiger charge is 2.07. The van der Waals surface area contributed by atoms with Gasteiger partial charge in [-0.05, 0) is 35.3 Å². The zero-order chi connectivity index (χ0) is 14.7. The third kappa shape index (κ3) is 4.32. The molecule has 0 saturated carbocycles. The third-order valence-electron chi connectivity index (χ3n) is 2.87. The summed E-state index contributed by atoms with van der Waals surface area (Å²) in [5.74, 6) is 2.17. The quantitative estimate of drug-likeness (QED) is 0.554. The fraction of sp³-hybridized carbons (Fsp3) is 0.375. The molecule has 106 valence electrons. The van der Waals surface area contributed by atoms with Crippen LogP contribution in [0.3, 0.4) is 0 Å². The van der Waals surface area contributed by atoms with Crippen LogP contribution < -0.4 is 0 Å². The Labute approximate surface area is 133 Å². The minimum absolute atomic E-state index is 0.341. The number of nitrogens with zero attached hydrogens (tertiary/aromatic N) is 2. The summed E-state index contributed by atoms with van der Waals surface area (Å²) in [5, 5.41) is 1.02. The van der Waals surface area contributed by atoms with Crippen LogP contribution in [0.1, 0.15) is 42.3 Å². The molecule has 1 aromatic heterocycles. The van der Waals surface area contributed by atoms with Crippen LogP contribution in [0.5, 0.6) is 0 Å². The van der Waals surface area contributed by atoms with Crippen LogP contribution in [-0.2, 0) is 5.75 Å². The fourth-order valence-corrected chi connectivity index (χ4v) is 3.44. The van der Waals surface area contributed by atoms with Crippen molar-refractivity contribution in [3.8, 4) is 0 Å². The van der Waals surface area contributed by atoms with E-state index in [2.05, 4.69) is 71.8 Å². The van der Waals surface area contributed by atoms with Gasteiger partial charge >= 0.3 is 0 Å². The fourth-order valence-electron chi connectivity index (χ4n) is 2.06. The Kier molecular flexibility index (Phi) is 5.22. The summed E-state index contributed by atoms with van der Waals surface area (Å²) in [7, 11) is 0. The lowest BCUT2D eigenvalue weighted by Crippen LogP contribution is -1.99. The Bertz CT molecular complexity index is 591. The van der Waals surface area contributed by atoms with E-state index in [1.807, 2.05) is 6.07 Å². The SMILES string of the molecule is Cc1cc(C)cc(CSc2cc(Br)nc(C(C)C)n2)c1. The summed E-state index contributed by atoms with van der Waals surface area (Å²) in [6.45, 7) is 8.50. The summed E-state index contributed by atoms with van der Waals surface area (Å²) < 4.78 is 0.860. The Morgan fingerprint density at radius 2 is 1.70 bits per heavy atom. The lowest BCUT2D eigenvalue weighted by molar-refractivity contribution is 0.747. The van der Waals surface area contributed by atoms with Gasteiger partial charge in [0.1, 0.15) is 15.5 Å². The summed E-state index contributed by atoms with van der Waals surface area (Å²) in [4.78, 5) is 9.02. The van der Waals surface area contributed by atoms with E-state index in [0.717, 1.165) is 21.2 Å². The molecule has 0 aliphatic carbocycles. The first-order valence-corrected chi connectivity index (χ1v) is 8.46. The first-order valence-electron chi connectivity index (χ1n) is 6.68. The molecule has 2 nitrogen and oxygen atoms in total. The van der Waals surface area contributed by atoms with Gasteiger partial charge in [-0.1, -0.05) is 43.2 Å². The molecule has 0 aliphatic heterocycles. The van der Waals surface area contributed by atoms with Crippen molar-refractivity contribution in [2.45, 2.75) is 44.4 Å². The average molecular weight is 351 g/mol. The number of aromatic nitrogens is 2. The Morgan fingerprint density at radius 3 is 2.30 bits per heavy atom. The minimum atomic E-state index is 0.341. The van der Waals surface area contributed by atoms with Gasteiger partial charge in [0.2, 0.25) is 0 Å². The molecule has 0 aliphatic rings. The number of hydrogen-bond donors (Lipinski definition) is 0. The Morgan fingerprint density at radius 1 is 1.05 bits per heavy atom. The number of thioether (sulfide) groups is 1. The lowest BCUT2D eigenvalue weighted by Gasteiger charge is -2.08. The van der Waals surface area contributed by atoms with Gasteiger partial charge in [-0.2, -0.15) is 0 Å². The highest BCUT2D eigenvalue weighted by atomic mass is 79.9. The van der Waals surface area contributed by atoms with Gasteiger partial charge in [-0.15, -0.1) is 11.8 Å². The molecule has 1 heterocycles. The molecule has 0 radical (unpaired) electrons. The van der Waals surface area contributed by atoms with Crippen LogP contribution >= 0.6 is 27.7 Å². The predicted molar refractivity (Wildman–Crippen MR) is 89.3 cm³/mol. The van der Waals surface area contributed by atoms with Crippen molar-refractivity contribution < 1.29 is 0 Å². The molecular formula is C16H19BrN2S. The zero-order valence-corrected chi connectivity index (χ0v) is 14.7. The van der Waals surface area contributed by atoms with Crippen LogP contribution in [0.15, 0.2) is 33.9 Å². The molecular weight excluding hydrogens is 332 g/mol. The first-order chi connectivity index (χ1) is 9.44. The number of aryl methyl sites for hydroxylation is 2. The Hall–Kier alpha value is -0.870. The second kappa shape index (κ2) is 6.72. The molecule has 0 atom stereocenters. The second-order valence-corrected chi connectivity index (χ2v) is 7.13. The highest BCUT2D eigenvalue weighted by molar-refractivity contribution is 9.10. The van der Waals surface area contributed by atoms with E-state index in [1.165, 1.54) is 16.7 Å². The molecule has 0 saturated heterocycles. The molecule has 1 aromatic carbocycles.